The number of amides is 2. The number of allylic oxidation sites excluding steroid dienone is 2. The quantitative estimate of drug-likeness (QED) is 0.276. The van der Waals surface area contributed by atoms with Gasteiger partial charge in [0.25, 0.3) is 0 Å². The van der Waals surface area contributed by atoms with Crippen molar-refractivity contribution in [3.05, 3.63) is 83.9 Å². The molecule has 1 saturated carbocycles. The topological polar surface area (TPSA) is 105 Å². The monoisotopic (exact) mass is 574 g/mol. The highest BCUT2D eigenvalue weighted by atomic mass is 16.5. The van der Waals surface area contributed by atoms with Crippen molar-refractivity contribution in [3.8, 4) is 0 Å². The van der Waals surface area contributed by atoms with Gasteiger partial charge in [0, 0.05) is 6.42 Å². The van der Waals surface area contributed by atoms with E-state index in [9.17, 15) is 19.5 Å². The van der Waals surface area contributed by atoms with Gasteiger partial charge in [0.15, 0.2) is 0 Å². The molecule has 4 rings (SSSR count). The van der Waals surface area contributed by atoms with E-state index in [1.54, 1.807) is 0 Å². The summed E-state index contributed by atoms with van der Waals surface area (Å²) in [5.41, 5.74) is 2.10. The Morgan fingerprint density at radius 1 is 0.905 bits per heavy atom. The van der Waals surface area contributed by atoms with Crippen LogP contribution in [0.2, 0.25) is 0 Å². The predicted molar refractivity (Wildman–Crippen MR) is 163 cm³/mol. The van der Waals surface area contributed by atoms with Crippen molar-refractivity contribution in [2.24, 2.45) is 17.8 Å². The molecule has 0 spiro atoms. The van der Waals surface area contributed by atoms with Gasteiger partial charge in [-0.25, -0.2) is 0 Å². The summed E-state index contributed by atoms with van der Waals surface area (Å²) in [6.45, 7) is -0.0479. The molecule has 2 amide bonds. The second-order valence-corrected chi connectivity index (χ2v) is 11.9. The van der Waals surface area contributed by atoms with Crippen LogP contribution in [0, 0.1) is 17.8 Å². The summed E-state index contributed by atoms with van der Waals surface area (Å²) >= 11 is 0. The number of rotatable bonds is 10. The number of carbonyl (C=O) groups is 3. The fraction of sp³-hybridized carbons (Fsp3) is 0.514. The molecule has 4 atom stereocenters. The van der Waals surface area contributed by atoms with Crippen molar-refractivity contribution in [1.29, 1.82) is 0 Å². The van der Waals surface area contributed by atoms with Crippen LogP contribution < -0.4 is 10.6 Å². The van der Waals surface area contributed by atoms with E-state index in [-0.39, 0.29) is 49.4 Å². The summed E-state index contributed by atoms with van der Waals surface area (Å²) < 4.78 is 5.85. The minimum atomic E-state index is -0.561. The molecule has 2 aromatic rings. The molecule has 226 valence electrons. The second-order valence-electron chi connectivity index (χ2n) is 11.9. The van der Waals surface area contributed by atoms with Gasteiger partial charge in [0.1, 0.15) is 6.61 Å². The van der Waals surface area contributed by atoms with Crippen LogP contribution in [0.5, 0.6) is 0 Å². The Morgan fingerprint density at radius 2 is 1.55 bits per heavy atom. The third kappa shape index (κ3) is 10.4. The maximum absolute atomic E-state index is 13.5. The highest BCUT2D eigenvalue weighted by molar-refractivity contribution is 5.86. The van der Waals surface area contributed by atoms with Gasteiger partial charge in [0.2, 0.25) is 11.8 Å². The number of hydrogen-bond acceptors (Lipinski definition) is 5. The molecule has 0 aromatic heterocycles. The van der Waals surface area contributed by atoms with Crippen molar-refractivity contribution in [2.75, 3.05) is 13.2 Å². The lowest BCUT2D eigenvalue weighted by atomic mass is 9.84. The molecule has 7 nitrogen and oxygen atoms in total. The number of cyclic esters (lactones) is 1. The maximum atomic E-state index is 13.5. The van der Waals surface area contributed by atoms with Gasteiger partial charge < -0.3 is 20.5 Å². The molecule has 0 bridgehead atoms. The third-order valence-corrected chi connectivity index (χ3v) is 8.49. The lowest BCUT2D eigenvalue weighted by Gasteiger charge is -2.29. The minimum absolute atomic E-state index is 0.0187. The number of aliphatic hydroxyl groups is 1. The Morgan fingerprint density at radius 3 is 2.21 bits per heavy atom. The second kappa shape index (κ2) is 16.9. The van der Waals surface area contributed by atoms with Crippen molar-refractivity contribution < 1.29 is 24.2 Å². The number of carbonyl (C=O) groups excluding carboxylic acids is 3. The van der Waals surface area contributed by atoms with Crippen LogP contribution in [-0.4, -0.2) is 48.2 Å². The van der Waals surface area contributed by atoms with Crippen LogP contribution in [0.25, 0.3) is 0 Å². The van der Waals surface area contributed by atoms with Gasteiger partial charge in [-0.2, -0.15) is 0 Å². The summed E-state index contributed by atoms with van der Waals surface area (Å²) in [4.78, 5) is 39.8. The zero-order valence-electron chi connectivity index (χ0n) is 24.6. The van der Waals surface area contributed by atoms with Crippen LogP contribution in [-0.2, 0) is 32.0 Å². The molecule has 1 fully saturated rings. The fourth-order valence-electron chi connectivity index (χ4n) is 6.15. The average molecular weight is 575 g/mol. The zero-order valence-corrected chi connectivity index (χ0v) is 24.6. The van der Waals surface area contributed by atoms with E-state index in [2.05, 4.69) is 10.6 Å². The molecule has 0 unspecified atom stereocenters. The minimum Gasteiger partial charge on any atom is -0.463 e. The SMILES string of the molecule is O=C(C[C@H]1CC=CC[C@H](Cc2ccccc2)C(=O)OC[C@H](CC2CCCCC2)NC1=O)N[C@@H](CO)Cc1ccccc1. The number of esters is 1. The molecule has 0 saturated heterocycles. The van der Waals surface area contributed by atoms with Crippen LogP contribution >= 0.6 is 0 Å². The summed E-state index contributed by atoms with van der Waals surface area (Å²) in [5.74, 6) is -1.09. The average Bonchev–Trinajstić information content (AvgIpc) is 3.01. The normalized spacial score (nSPS) is 23.1. The molecule has 2 aliphatic rings. The predicted octanol–water partition coefficient (Wildman–Crippen LogP) is 4.92. The first-order chi connectivity index (χ1) is 20.5. The van der Waals surface area contributed by atoms with Crippen LogP contribution in [0.3, 0.4) is 0 Å². The summed E-state index contributed by atoms with van der Waals surface area (Å²) in [7, 11) is 0. The summed E-state index contributed by atoms with van der Waals surface area (Å²) in [6, 6.07) is 18.9. The van der Waals surface area contributed by atoms with Crippen LogP contribution in [0.15, 0.2) is 72.8 Å². The molecule has 0 radical (unpaired) electrons. The Balaban J connectivity index is 1.45. The molecule has 1 aliphatic carbocycles. The van der Waals surface area contributed by atoms with E-state index in [1.807, 2.05) is 72.8 Å². The molecule has 1 heterocycles. The van der Waals surface area contributed by atoms with Crippen LogP contribution in [0.4, 0.5) is 0 Å². The first-order valence-corrected chi connectivity index (χ1v) is 15.6. The number of hydrogen-bond donors (Lipinski definition) is 3. The highest BCUT2D eigenvalue weighted by Crippen LogP contribution is 2.28. The number of benzene rings is 2. The highest BCUT2D eigenvalue weighted by Gasteiger charge is 2.29. The molecule has 1 aliphatic heterocycles. The zero-order chi connectivity index (χ0) is 29.6. The Kier molecular flexibility index (Phi) is 12.6. The lowest BCUT2D eigenvalue weighted by molar-refractivity contribution is -0.150. The molecular weight excluding hydrogens is 528 g/mol. The van der Waals surface area contributed by atoms with E-state index in [1.165, 1.54) is 19.3 Å². The van der Waals surface area contributed by atoms with Gasteiger partial charge in [-0.3, -0.25) is 14.4 Å². The first-order valence-electron chi connectivity index (χ1n) is 15.6. The van der Waals surface area contributed by atoms with E-state index >= 15 is 0 Å². The van der Waals surface area contributed by atoms with Gasteiger partial charge >= 0.3 is 5.97 Å². The Bertz CT molecular complexity index is 1150. The van der Waals surface area contributed by atoms with E-state index in [0.717, 1.165) is 30.4 Å². The standard InChI is InChI=1S/C35H46N2O5/c38-24-31(21-27-14-6-2-7-15-27)36-33(39)23-29-18-10-11-19-30(20-26-12-4-1-5-13-26)35(41)42-25-32(37-34(29)40)22-28-16-8-3-9-17-28/h1-2,4-7,10-15,28-32,38H,3,8-9,16-25H2,(H,36,39)(H,37,40)/t29-,30-,31-,32+/m1/s1. The molecule has 2 aromatic carbocycles. The van der Waals surface area contributed by atoms with Crippen molar-refractivity contribution in [2.45, 2.75) is 82.7 Å². The Labute approximate surface area is 250 Å². The van der Waals surface area contributed by atoms with Crippen molar-refractivity contribution in [3.63, 3.8) is 0 Å². The molecular formula is C35H46N2O5. The smallest absolute Gasteiger partial charge is 0.309 e. The number of nitrogens with one attached hydrogen (secondary N) is 2. The van der Waals surface area contributed by atoms with Crippen LogP contribution in [0.1, 0.15) is 68.9 Å². The van der Waals surface area contributed by atoms with Gasteiger partial charge in [0.05, 0.1) is 30.5 Å². The van der Waals surface area contributed by atoms with Crippen molar-refractivity contribution >= 4 is 17.8 Å². The summed E-state index contributed by atoms with van der Waals surface area (Å²) in [5, 5.41) is 16.0. The van der Waals surface area contributed by atoms with E-state index < -0.39 is 12.0 Å². The van der Waals surface area contributed by atoms with Gasteiger partial charge in [-0.15, -0.1) is 0 Å². The first kappa shape index (κ1) is 31.5. The van der Waals surface area contributed by atoms with E-state index in [0.29, 0.717) is 31.6 Å². The molecule has 3 N–H and O–H groups in total. The fourth-order valence-corrected chi connectivity index (χ4v) is 6.15. The third-order valence-electron chi connectivity index (χ3n) is 8.49. The molecule has 42 heavy (non-hydrogen) atoms. The molecule has 7 heteroatoms. The van der Waals surface area contributed by atoms with E-state index in [4.69, 9.17) is 4.74 Å². The van der Waals surface area contributed by atoms with Crippen molar-refractivity contribution in [1.82, 2.24) is 10.6 Å². The maximum Gasteiger partial charge on any atom is 0.309 e. The number of ether oxygens (including phenoxy) is 1. The lowest BCUT2D eigenvalue weighted by Crippen LogP contribution is -2.45. The van der Waals surface area contributed by atoms with Gasteiger partial charge in [-0.1, -0.05) is 105 Å². The largest absolute Gasteiger partial charge is 0.463 e. The summed E-state index contributed by atoms with van der Waals surface area (Å²) in [6.07, 6.45) is 12.5. The van der Waals surface area contributed by atoms with Gasteiger partial charge in [-0.05, 0) is 49.1 Å². The Hall–Kier alpha value is -3.45. The number of aliphatic hydroxyl groups excluding tert-OH is 1.